The monoisotopic (exact) mass is 382 g/mol. The van der Waals surface area contributed by atoms with Gasteiger partial charge in [-0.2, -0.15) is 4.98 Å². The summed E-state index contributed by atoms with van der Waals surface area (Å²) in [6.07, 6.45) is 0. The van der Waals surface area contributed by atoms with Crippen molar-refractivity contribution in [3.05, 3.63) is 75.9 Å². The van der Waals surface area contributed by atoms with E-state index in [2.05, 4.69) is 61.7 Å². The molecule has 3 rings (SSSR count). The minimum Gasteiger partial charge on any atom is -0.366 e. The van der Waals surface area contributed by atoms with Crippen LogP contribution in [0.3, 0.4) is 0 Å². The first kappa shape index (κ1) is 16.5. The van der Waals surface area contributed by atoms with Gasteiger partial charge in [0, 0.05) is 28.5 Å². The quantitative estimate of drug-likeness (QED) is 0.635. The molecule has 0 amide bonds. The maximum atomic E-state index is 4.55. The van der Waals surface area contributed by atoms with E-state index in [1.165, 1.54) is 11.1 Å². The lowest BCUT2D eigenvalue weighted by Crippen LogP contribution is -2.06. The summed E-state index contributed by atoms with van der Waals surface area (Å²) in [6, 6.07) is 18.2. The third-order valence-electron chi connectivity index (χ3n) is 3.68. The number of aromatic nitrogens is 2. The fourth-order valence-corrected chi connectivity index (χ4v) is 2.64. The largest absolute Gasteiger partial charge is 0.366 e. The maximum Gasteiger partial charge on any atom is 0.229 e. The number of hydrogen-bond acceptors (Lipinski definition) is 4. The van der Waals surface area contributed by atoms with Crippen LogP contribution in [0.5, 0.6) is 0 Å². The number of hydrogen-bond donors (Lipinski definition) is 2. The topological polar surface area (TPSA) is 49.8 Å². The Morgan fingerprint density at radius 3 is 2.46 bits per heavy atom. The molecule has 24 heavy (non-hydrogen) atoms. The van der Waals surface area contributed by atoms with E-state index in [9.17, 15) is 0 Å². The van der Waals surface area contributed by atoms with Gasteiger partial charge < -0.3 is 10.6 Å². The van der Waals surface area contributed by atoms with Gasteiger partial charge in [-0.15, -0.1) is 0 Å². The van der Waals surface area contributed by atoms with Crippen LogP contribution in [0.1, 0.15) is 16.8 Å². The normalized spacial score (nSPS) is 10.5. The van der Waals surface area contributed by atoms with Crippen LogP contribution < -0.4 is 10.6 Å². The molecular weight excluding hydrogens is 364 g/mol. The molecule has 0 unspecified atom stereocenters. The number of anilines is 3. The van der Waals surface area contributed by atoms with Crippen molar-refractivity contribution in [3.8, 4) is 0 Å². The Labute approximate surface area is 150 Å². The van der Waals surface area contributed by atoms with Crippen LogP contribution in [0.15, 0.2) is 59.1 Å². The average Bonchev–Trinajstić information content (AvgIpc) is 2.56. The van der Waals surface area contributed by atoms with Crippen LogP contribution >= 0.6 is 15.9 Å². The zero-order valence-electron chi connectivity index (χ0n) is 13.7. The molecule has 0 spiro atoms. The molecule has 0 radical (unpaired) electrons. The van der Waals surface area contributed by atoms with E-state index in [1.807, 2.05) is 43.3 Å². The van der Waals surface area contributed by atoms with Gasteiger partial charge in [-0.25, -0.2) is 4.98 Å². The number of rotatable bonds is 5. The highest BCUT2D eigenvalue weighted by molar-refractivity contribution is 9.10. The van der Waals surface area contributed by atoms with Gasteiger partial charge in [0.25, 0.3) is 0 Å². The van der Waals surface area contributed by atoms with Crippen LogP contribution in [0, 0.1) is 13.8 Å². The van der Waals surface area contributed by atoms with Crippen LogP contribution in [0.4, 0.5) is 17.5 Å². The molecule has 2 aromatic carbocycles. The Bertz CT molecular complexity index is 831. The Morgan fingerprint density at radius 1 is 0.958 bits per heavy atom. The zero-order chi connectivity index (χ0) is 16.9. The van der Waals surface area contributed by atoms with E-state index in [-0.39, 0.29) is 0 Å². The molecule has 1 aromatic heterocycles. The molecule has 0 saturated carbocycles. The van der Waals surface area contributed by atoms with Crippen LogP contribution in [-0.2, 0) is 6.54 Å². The van der Waals surface area contributed by atoms with Crippen molar-refractivity contribution in [3.63, 3.8) is 0 Å². The third kappa shape index (κ3) is 4.32. The second-order valence-corrected chi connectivity index (χ2v) is 6.55. The highest BCUT2D eigenvalue weighted by Gasteiger charge is 2.04. The zero-order valence-corrected chi connectivity index (χ0v) is 15.3. The second-order valence-electron chi connectivity index (χ2n) is 5.63. The summed E-state index contributed by atoms with van der Waals surface area (Å²) in [6.45, 7) is 4.82. The second kappa shape index (κ2) is 7.45. The Kier molecular flexibility index (Phi) is 5.11. The lowest BCUT2D eigenvalue weighted by molar-refractivity contribution is 1.05. The van der Waals surface area contributed by atoms with Gasteiger partial charge in [0.15, 0.2) is 0 Å². The first-order valence-electron chi connectivity index (χ1n) is 7.77. The molecule has 0 aliphatic heterocycles. The first-order chi connectivity index (χ1) is 11.6. The van der Waals surface area contributed by atoms with Crippen molar-refractivity contribution in [1.82, 2.24) is 9.97 Å². The molecule has 1 heterocycles. The molecule has 3 aromatic rings. The number of nitrogens with zero attached hydrogens (tertiary/aromatic N) is 2. The lowest BCUT2D eigenvalue weighted by atomic mass is 10.1. The molecular formula is C19H19BrN4. The maximum absolute atomic E-state index is 4.55. The molecule has 122 valence electrons. The molecule has 0 fully saturated rings. The standard InChI is InChI=1S/C19H19BrN4/c1-13-5-3-4-6-15(13)12-21-18-11-14(2)22-19(24-18)23-17-9-7-16(20)8-10-17/h3-11H,12H2,1-2H3,(H2,21,22,23,24). The molecule has 5 heteroatoms. The van der Waals surface area contributed by atoms with Crippen molar-refractivity contribution in [2.75, 3.05) is 10.6 Å². The smallest absolute Gasteiger partial charge is 0.229 e. The Balaban J connectivity index is 1.74. The predicted molar refractivity (Wildman–Crippen MR) is 103 cm³/mol. The first-order valence-corrected chi connectivity index (χ1v) is 8.56. The average molecular weight is 383 g/mol. The molecule has 0 aliphatic carbocycles. The fraction of sp³-hybridized carbons (Fsp3) is 0.158. The highest BCUT2D eigenvalue weighted by atomic mass is 79.9. The minimum atomic E-state index is 0.588. The SMILES string of the molecule is Cc1cc(NCc2ccccc2C)nc(Nc2ccc(Br)cc2)n1. The summed E-state index contributed by atoms with van der Waals surface area (Å²) in [5, 5.41) is 6.62. The number of nitrogens with one attached hydrogen (secondary N) is 2. The van der Waals surface area contributed by atoms with Gasteiger partial charge >= 0.3 is 0 Å². The van der Waals surface area contributed by atoms with E-state index < -0.39 is 0 Å². The Morgan fingerprint density at radius 2 is 1.71 bits per heavy atom. The van der Waals surface area contributed by atoms with E-state index in [0.717, 1.165) is 28.2 Å². The van der Waals surface area contributed by atoms with Crippen LogP contribution in [0.25, 0.3) is 0 Å². The summed E-state index contributed by atoms with van der Waals surface area (Å²) in [4.78, 5) is 9.00. The van der Waals surface area contributed by atoms with E-state index in [0.29, 0.717) is 5.95 Å². The van der Waals surface area contributed by atoms with Gasteiger partial charge in [0.1, 0.15) is 5.82 Å². The molecule has 0 aliphatic rings. The Hall–Kier alpha value is -2.40. The van der Waals surface area contributed by atoms with Crippen LogP contribution in [-0.4, -0.2) is 9.97 Å². The summed E-state index contributed by atoms with van der Waals surface area (Å²) >= 11 is 3.43. The van der Waals surface area contributed by atoms with Crippen LogP contribution in [0.2, 0.25) is 0 Å². The molecule has 2 N–H and O–H groups in total. The van der Waals surface area contributed by atoms with Crippen molar-refractivity contribution in [2.24, 2.45) is 0 Å². The number of aryl methyl sites for hydroxylation is 2. The van der Waals surface area contributed by atoms with E-state index in [4.69, 9.17) is 0 Å². The minimum absolute atomic E-state index is 0.588. The van der Waals surface area contributed by atoms with Gasteiger partial charge in [0.2, 0.25) is 5.95 Å². The van der Waals surface area contributed by atoms with Crippen molar-refractivity contribution in [1.29, 1.82) is 0 Å². The molecule has 0 bridgehead atoms. The number of halogens is 1. The van der Waals surface area contributed by atoms with Crippen molar-refractivity contribution < 1.29 is 0 Å². The lowest BCUT2D eigenvalue weighted by Gasteiger charge is -2.11. The summed E-state index contributed by atoms with van der Waals surface area (Å²) in [7, 11) is 0. The molecule has 0 saturated heterocycles. The summed E-state index contributed by atoms with van der Waals surface area (Å²) in [5.41, 5.74) is 4.39. The van der Waals surface area contributed by atoms with Gasteiger partial charge in [-0.3, -0.25) is 0 Å². The van der Waals surface area contributed by atoms with Gasteiger partial charge in [0.05, 0.1) is 0 Å². The van der Waals surface area contributed by atoms with Gasteiger partial charge in [-0.05, 0) is 49.2 Å². The third-order valence-corrected chi connectivity index (χ3v) is 4.20. The van der Waals surface area contributed by atoms with E-state index in [1.54, 1.807) is 0 Å². The van der Waals surface area contributed by atoms with Crippen molar-refractivity contribution in [2.45, 2.75) is 20.4 Å². The van der Waals surface area contributed by atoms with E-state index >= 15 is 0 Å². The molecule has 0 atom stereocenters. The molecule has 4 nitrogen and oxygen atoms in total. The fourth-order valence-electron chi connectivity index (χ4n) is 2.37. The summed E-state index contributed by atoms with van der Waals surface area (Å²) in [5.74, 6) is 1.40. The highest BCUT2D eigenvalue weighted by Crippen LogP contribution is 2.19. The van der Waals surface area contributed by atoms with Gasteiger partial charge in [-0.1, -0.05) is 40.2 Å². The summed E-state index contributed by atoms with van der Waals surface area (Å²) < 4.78 is 1.04. The predicted octanol–water partition coefficient (Wildman–Crippen LogP) is 5.21. The van der Waals surface area contributed by atoms with Crippen molar-refractivity contribution >= 4 is 33.4 Å². The number of benzene rings is 2.